The molecule has 2 rings (SSSR count). The molecule has 5 heteroatoms. The van der Waals surface area contributed by atoms with Crippen molar-refractivity contribution >= 4 is 23.6 Å². The molecule has 2 amide bonds. The standard InChI is InChI=1S/C19H28N2O2S/c1-6-20-12-19(4,5)24-18-14(3)9-13(2)10-15(18)11-21-16(22)7-8-17(21)23/h9-10,20H,6-8,11-12H2,1-5H3. The summed E-state index contributed by atoms with van der Waals surface area (Å²) in [6.07, 6.45) is 0.691. The van der Waals surface area contributed by atoms with Crippen molar-refractivity contribution in [3.8, 4) is 0 Å². The summed E-state index contributed by atoms with van der Waals surface area (Å²) in [5, 5.41) is 3.41. The fourth-order valence-electron chi connectivity index (χ4n) is 3.01. The van der Waals surface area contributed by atoms with Crippen molar-refractivity contribution in [2.24, 2.45) is 0 Å². The summed E-state index contributed by atoms with van der Waals surface area (Å²) < 4.78 is 0.0316. The van der Waals surface area contributed by atoms with Crippen molar-refractivity contribution in [2.45, 2.75) is 63.6 Å². The smallest absolute Gasteiger partial charge is 0.229 e. The first-order valence-corrected chi connectivity index (χ1v) is 9.38. The molecule has 0 radical (unpaired) electrons. The fourth-order valence-corrected chi connectivity index (χ4v) is 4.22. The molecule has 0 bridgehead atoms. The Hall–Kier alpha value is -1.33. The zero-order chi connectivity index (χ0) is 17.9. The van der Waals surface area contributed by atoms with Crippen molar-refractivity contribution in [2.75, 3.05) is 13.1 Å². The molecule has 1 aliphatic heterocycles. The molecule has 0 spiro atoms. The van der Waals surface area contributed by atoms with E-state index in [2.05, 4.69) is 52.1 Å². The Morgan fingerprint density at radius 2 is 1.79 bits per heavy atom. The maximum Gasteiger partial charge on any atom is 0.229 e. The van der Waals surface area contributed by atoms with E-state index in [1.54, 1.807) is 0 Å². The van der Waals surface area contributed by atoms with Gasteiger partial charge < -0.3 is 5.32 Å². The average molecular weight is 349 g/mol. The Morgan fingerprint density at radius 1 is 1.17 bits per heavy atom. The highest BCUT2D eigenvalue weighted by Gasteiger charge is 2.30. The highest BCUT2D eigenvalue weighted by Crippen LogP contribution is 2.38. The van der Waals surface area contributed by atoms with E-state index >= 15 is 0 Å². The van der Waals surface area contributed by atoms with Crippen LogP contribution in [0, 0.1) is 13.8 Å². The maximum absolute atomic E-state index is 12.0. The second-order valence-electron chi connectivity index (χ2n) is 7.09. The molecule has 1 N–H and O–H groups in total. The maximum atomic E-state index is 12.0. The van der Waals surface area contributed by atoms with Gasteiger partial charge in [0, 0.05) is 29.0 Å². The van der Waals surface area contributed by atoms with E-state index in [4.69, 9.17) is 0 Å². The molecule has 1 aliphatic rings. The van der Waals surface area contributed by atoms with Gasteiger partial charge in [0.05, 0.1) is 6.54 Å². The number of nitrogens with one attached hydrogen (secondary N) is 1. The molecule has 132 valence electrons. The number of nitrogens with zero attached hydrogens (tertiary/aromatic N) is 1. The van der Waals surface area contributed by atoms with Crippen LogP contribution in [0.1, 0.15) is 50.3 Å². The van der Waals surface area contributed by atoms with E-state index in [0.717, 1.165) is 24.2 Å². The van der Waals surface area contributed by atoms with Crippen molar-refractivity contribution in [3.63, 3.8) is 0 Å². The molecule has 4 nitrogen and oxygen atoms in total. The number of rotatable bonds is 7. The summed E-state index contributed by atoms with van der Waals surface area (Å²) in [4.78, 5) is 26.6. The molecular formula is C19H28N2O2S. The molecule has 0 saturated carbocycles. The third-order valence-electron chi connectivity index (χ3n) is 4.16. The summed E-state index contributed by atoms with van der Waals surface area (Å²) in [5.41, 5.74) is 3.44. The predicted octanol–water partition coefficient (Wildman–Crippen LogP) is 3.43. The number of thioether (sulfide) groups is 1. The minimum atomic E-state index is -0.0537. The molecule has 1 aromatic rings. The molecule has 1 heterocycles. The van der Waals surface area contributed by atoms with Crippen LogP contribution in [0.4, 0.5) is 0 Å². The SMILES string of the molecule is CCNCC(C)(C)Sc1c(C)cc(C)cc1CN1C(=O)CCC1=O. The van der Waals surface area contributed by atoms with Gasteiger partial charge in [0.15, 0.2) is 0 Å². The molecule has 1 saturated heterocycles. The lowest BCUT2D eigenvalue weighted by Crippen LogP contribution is -2.32. The highest BCUT2D eigenvalue weighted by atomic mass is 32.2. The fraction of sp³-hybridized carbons (Fsp3) is 0.579. The third kappa shape index (κ3) is 4.61. The second-order valence-corrected chi connectivity index (χ2v) is 8.80. The first kappa shape index (κ1) is 19.0. The first-order chi connectivity index (χ1) is 11.2. The lowest BCUT2D eigenvalue weighted by Gasteiger charge is -2.28. The number of carbonyl (C=O) groups is 2. The number of aryl methyl sites for hydroxylation is 2. The number of hydrogen-bond donors (Lipinski definition) is 1. The Labute approximate surface area is 149 Å². The van der Waals surface area contributed by atoms with Gasteiger partial charge in [-0.3, -0.25) is 14.5 Å². The molecule has 1 aromatic carbocycles. The number of benzene rings is 1. The zero-order valence-corrected chi connectivity index (χ0v) is 16.2. The molecule has 0 atom stereocenters. The molecule has 0 unspecified atom stereocenters. The van der Waals surface area contributed by atoms with Gasteiger partial charge in [-0.25, -0.2) is 0 Å². The summed E-state index contributed by atoms with van der Waals surface area (Å²) in [5.74, 6) is -0.107. The quantitative estimate of drug-likeness (QED) is 0.606. The normalized spacial score (nSPS) is 15.5. The van der Waals surface area contributed by atoms with Crippen LogP contribution in [-0.2, 0) is 16.1 Å². The Balaban J connectivity index is 2.30. The van der Waals surface area contributed by atoms with E-state index in [0.29, 0.717) is 19.4 Å². The largest absolute Gasteiger partial charge is 0.316 e. The van der Waals surface area contributed by atoms with E-state index in [1.807, 2.05) is 11.8 Å². The first-order valence-electron chi connectivity index (χ1n) is 8.56. The van der Waals surface area contributed by atoms with Crippen molar-refractivity contribution in [3.05, 3.63) is 28.8 Å². The minimum Gasteiger partial charge on any atom is -0.316 e. The number of amides is 2. The number of carbonyl (C=O) groups excluding carboxylic acids is 2. The Kier molecular flexibility index (Phi) is 6.10. The lowest BCUT2D eigenvalue weighted by molar-refractivity contribution is -0.139. The molecular weight excluding hydrogens is 320 g/mol. The highest BCUT2D eigenvalue weighted by molar-refractivity contribution is 8.00. The van der Waals surface area contributed by atoms with Gasteiger partial charge in [-0.2, -0.15) is 0 Å². The van der Waals surface area contributed by atoms with Gasteiger partial charge in [-0.15, -0.1) is 11.8 Å². The van der Waals surface area contributed by atoms with E-state index in [-0.39, 0.29) is 16.6 Å². The number of hydrogen-bond acceptors (Lipinski definition) is 4. The van der Waals surface area contributed by atoms with Crippen LogP contribution >= 0.6 is 11.8 Å². The van der Waals surface area contributed by atoms with Crippen LogP contribution in [-0.4, -0.2) is 34.6 Å². The van der Waals surface area contributed by atoms with Crippen LogP contribution in [0.25, 0.3) is 0 Å². The van der Waals surface area contributed by atoms with Gasteiger partial charge in [-0.1, -0.05) is 24.6 Å². The number of likely N-dealkylation sites (tertiary alicyclic amines) is 1. The van der Waals surface area contributed by atoms with Crippen LogP contribution in [0.2, 0.25) is 0 Å². The van der Waals surface area contributed by atoms with Crippen molar-refractivity contribution in [1.82, 2.24) is 10.2 Å². The van der Waals surface area contributed by atoms with Crippen molar-refractivity contribution < 1.29 is 9.59 Å². The van der Waals surface area contributed by atoms with Crippen LogP contribution in [0.5, 0.6) is 0 Å². The summed E-state index contributed by atoms with van der Waals surface area (Å²) >= 11 is 1.82. The topological polar surface area (TPSA) is 49.4 Å². The predicted molar refractivity (Wildman–Crippen MR) is 99.2 cm³/mol. The van der Waals surface area contributed by atoms with Gasteiger partial charge in [0.2, 0.25) is 11.8 Å². The van der Waals surface area contributed by atoms with Crippen LogP contribution in [0.3, 0.4) is 0 Å². The summed E-state index contributed by atoms with van der Waals surface area (Å²) in [7, 11) is 0. The lowest BCUT2D eigenvalue weighted by atomic mass is 10.1. The zero-order valence-electron chi connectivity index (χ0n) is 15.4. The minimum absolute atomic E-state index is 0.0316. The van der Waals surface area contributed by atoms with Gasteiger partial charge in [0.25, 0.3) is 0 Å². The second kappa shape index (κ2) is 7.70. The summed E-state index contributed by atoms with van der Waals surface area (Å²) in [6, 6.07) is 4.28. The third-order valence-corrected chi connectivity index (χ3v) is 5.64. The van der Waals surface area contributed by atoms with Crippen molar-refractivity contribution in [1.29, 1.82) is 0 Å². The average Bonchev–Trinajstić information content (AvgIpc) is 2.80. The van der Waals surface area contributed by atoms with Gasteiger partial charge in [-0.05, 0) is 45.4 Å². The monoisotopic (exact) mass is 348 g/mol. The van der Waals surface area contributed by atoms with Gasteiger partial charge in [0.1, 0.15) is 0 Å². The molecule has 0 aliphatic carbocycles. The Morgan fingerprint density at radius 3 is 2.38 bits per heavy atom. The summed E-state index contributed by atoms with van der Waals surface area (Å²) in [6.45, 7) is 12.9. The molecule has 0 aromatic heterocycles. The molecule has 24 heavy (non-hydrogen) atoms. The van der Waals surface area contributed by atoms with E-state index < -0.39 is 0 Å². The van der Waals surface area contributed by atoms with E-state index in [1.165, 1.54) is 15.4 Å². The van der Waals surface area contributed by atoms with Crippen LogP contribution in [0.15, 0.2) is 17.0 Å². The van der Waals surface area contributed by atoms with Crippen LogP contribution < -0.4 is 5.32 Å². The van der Waals surface area contributed by atoms with Gasteiger partial charge >= 0.3 is 0 Å². The molecule has 1 fully saturated rings. The number of imide groups is 1. The Bertz CT molecular complexity index is 624. The van der Waals surface area contributed by atoms with E-state index in [9.17, 15) is 9.59 Å².